The summed E-state index contributed by atoms with van der Waals surface area (Å²) in [6.45, 7) is 7.84. The molecule has 0 aliphatic carbocycles. The van der Waals surface area contributed by atoms with E-state index >= 15 is 0 Å². The largest absolute Gasteiger partial charge is 0.379 e. The number of hydrogen-bond donors (Lipinski definition) is 2. The summed E-state index contributed by atoms with van der Waals surface area (Å²) in [5, 5.41) is 10.3. The molecule has 0 radical (unpaired) electrons. The van der Waals surface area contributed by atoms with Gasteiger partial charge in [0.25, 0.3) is 5.91 Å². The second kappa shape index (κ2) is 8.70. The lowest BCUT2D eigenvalue weighted by Gasteiger charge is -2.40. The molecule has 4 heterocycles. The maximum absolute atomic E-state index is 12.8. The number of morpholine rings is 1. The van der Waals surface area contributed by atoms with Crippen molar-refractivity contribution >= 4 is 11.7 Å². The predicted octanol–water partition coefficient (Wildman–Crippen LogP) is 1.66. The molecule has 28 heavy (non-hydrogen) atoms. The summed E-state index contributed by atoms with van der Waals surface area (Å²) in [4.78, 5) is 21.6. The van der Waals surface area contributed by atoms with E-state index in [0.717, 1.165) is 69.4 Å². The molecule has 0 unspecified atom stereocenters. The van der Waals surface area contributed by atoms with Crippen molar-refractivity contribution in [1.29, 1.82) is 0 Å². The number of pyridine rings is 1. The van der Waals surface area contributed by atoms with E-state index in [1.807, 2.05) is 30.0 Å². The number of carbonyl (C=O) groups excluding carboxylic acids is 1. The Labute approximate surface area is 165 Å². The third-order valence-corrected chi connectivity index (χ3v) is 5.53. The van der Waals surface area contributed by atoms with Crippen LogP contribution in [0.2, 0.25) is 0 Å². The molecule has 8 heteroatoms. The number of aryl methyl sites for hydroxylation is 1. The van der Waals surface area contributed by atoms with Crippen molar-refractivity contribution in [1.82, 2.24) is 25.0 Å². The van der Waals surface area contributed by atoms with E-state index < -0.39 is 0 Å². The first-order chi connectivity index (χ1) is 13.7. The Hall–Kier alpha value is -2.45. The lowest BCUT2D eigenvalue weighted by molar-refractivity contribution is 0.00158. The Kier molecular flexibility index (Phi) is 5.87. The van der Waals surface area contributed by atoms with E-state index in [9.17, 15) is 4.79 Å². The van der Waals surface area contributed by atoms with Gasteiger partial charge in [0.05, 0.1) is 31.0 Å². The topological polar surface area (TPSA) is 86.4 Å². The van der Waals surface area contributed by atoms with Crippen LogP contribution in [-0.4, -0.2) is 76.3 Å². The zero-order valence-electron chi connectivity index (χ0n) is 16.4. The Bertz CT molecular complexity index is 776. The van der Waals surface area contributed by atoms with E-state index in [1.54, 1.807) is 6.20 Å². The fraction of sp³-hybridized carbons (Fsp3) is 0.550. The molecule has 0 bridgehead atoms. The van der Waals surface area contributed by atoms with Gasteiger partial charge in [0.2, 0.25) is 0 Å². The van der Waals surface area contributed by atoms with Gasteiger partial charge in [-0.05, 0) is 38.0 Å². The molecule has 2 fully saturated rings. The van der Waals surface area contributed by atoms with Crippen molar-refractivity contribution in [2.24, 2.45) is 0 Å². The summed E-state index contributed by atoms with van der Waals surface area (Å²) in [6.07, 6.45) is 3.72. The maximum Gasteiger partial charge on any atom is 0.255 e. The number of ether oxygens (including phenoxy) is 1. The molecular formula is C20H28N6O2. The number of amides is 1. The van der Waals surface area contributed by atoms with Crippen LogP contribution < -0.4 is 5.32 Å². The average Bonchev–Trinajstić information content (AvgIpc) is 3.18. The number of aromatic nitrogens is 3. The molecule has 8 nitrogen and oxygen atoms in total. The Balaban J connectivity index is 1.27. The SMILES string of the molecule is Cc1cc(CNc2ccc(C(=O)N3CCC(N4CCOCC4)CC3)cn2)n[nH]1. The number of hydrogen-bond acceptors (Lipinski definition) is 6. The highest BCUT2D eigenvalue weighted by atomic mass is 16.5. The Morgan fingerprint density at radius 2 is 2.04 bits per heavy atom. The number of likely N-dealkylation sites (tertiary alicyclic amines) is 1. The summed E-state index contributed by atoms with van der Waals surface area (Å²) in [6, 6.07) is 6.27. The van der Waals surface area contributed by atoms with Crippen LogP contribution in [0.1, 0.15) is 34.6 Å². The molecule has 2 saturated heterocycles. The van der Waals surface area contributed by atoms with Crippen LogP contribution in [0.4, 0.5) is 5.82 Å². The number of rotatable bonds is 5. The van der Waals surface area contributed by atoms with Crippen LogP contribution in [0.15, 0.2) is 24.4 Å². The number of piperidine rings is 1. The van der Waals surface area contributed by atoms with Crippen molar-refractivity contribution in [3.63, 3.8) is 0 Å². The van der Waals surface area contributed by atoms with E-state index in [1.165, 1.54) is 0 Å². The molecule has 0 aromatic carbocycles. The molecule has 2 N–H and O–H groups in total. The number of nitrogens with one attached hydrogen (secondary N) is 2. The molecule has 2 aliphatic rings. The summed E-state index contributed by atoms with van der Waals surface area (Å²) in [7, 11) is 0. The van der Waals surface area contributed by atoms with Gasteiger partial charge in [-0.1, -0.05) is 0 Å². The summed E-state index contributed by atoms with van der Waals surface area (Å²) >= 11 is 0. The number of anilines is 1. The van der Waals surface area contributed by atoms with Gasteiger partial charge in [0.15, 0.2) is 0 Å². The highest BCUT2D eigenvalue weighted by molar-refractivity contribution is 5.94. The standard InChI is InChI=1S/C20H28N6O2/c1-15-12-17(24-23-15)14-22-19-3-2-16(13-21-19)20(27)26-6-4-18(5-7-26)25-8-10-28-11-9-25/h2-3,12-13,18H,4-11,14H2,1H3,(H,21,22)(H,23,24). The number of nitrogens with zero attached hydrogens (tertiary/aromatic N) is 4. The van der Waals surface area contributed by atoms with Crippen molar-refractivity contribution in [3.05, 3.63) is 41.3 Å². The normalized spacial score (nSPS) is 19.0. The number of H-pyrrole nitrogens is 1. The van der Waals surface area contributed by atoms with E-state index in [2.05, 4.69) is 25.4 Å². The minimum Gasteiger partial charge on any atom is -0.379 e. The second-order valence-electron chi connectivity index (χ2n) is 7.50. The molecule has 2 aliphatic heterocycles. The predicted molar refractivity (Wildman–Crippen MR) is 106 cm³/mol. The van der Waals surface area contributed by atoms with Gasteiger partial charge >= 0.3 is 0 Å². The van der Waals surface area contributed by atoms with Crippen molar-refractivity contribution in [2.75, 3.05) is 44.7 Å². The van der Waals surface area contributed by atoms with E-state index in [4.69, 9.17) is 4.74 Å². The van der Waals surface area contributed by atoms with Gasteiger partial charge in [-0.25, -0.2) is 4.98 Å². The first-order valence-corrected chi connectivity index (χ1v) is 10.0. The van der Waals surface area contributed by atoms with Gasteiger partial charge in [-0.3, -0.25) is 14.8 Å². The number of carbonyl (C=O) groups is 1. The van der Waals surface area contributed by atoms with Crippen LogP contribution >= 0.6 is 0 Å². The molecule has 150 valence electrons. The van der Waals surface area contributed by atoms with E-state index in [-0.39, 0.29) is 5.91 Å². The fourth-order valence-corrected chi connectivity index (χ4v) is 3.93. The lowest BCUT2D eigenvalue weighted by Crippen LogP contribution is -2.50. The minimum atomic E-state index is 0.0717. The zero-order valence-corrected chi connectivity index (χ0v) is 16.4. The highest BCUT2D eigenvalue weighted by Gasteiger charge is 2.28. The average molecular weight is 384 g/mol. The molecule has 0 saturated carbocycles. The van der Waals surface area contributed by atoms with Gasteiger partial charge < -0.3 is 15.0 Å². The molecule has 1 amide bonds. The van der Waals surface area contributed by atoms with Crippen molar-refractivity contribution in [2.45, 2.75) is 32.4 Å². The number of aromatic amines is 1. The third kappa shape index (κ3) is 4.51. The lowest BCUT2D eigenvalue weighted by atomic mass is 10.0. The van der Waals surface area contributed by atoms with Gasteiger partial charge in [0.1, 0.15) is 5.82 Å². The third-order valence-electron chi connectivity index (χ3n) is 5.53. The highest BCUT2D eigenvalue weighted by Crippen LogP contribution is 2.19. The zero-order chi connectivity index (χ0) is 19.3. The van der Waals surface area contributed by atoms with E-state index in [0.29, 0.717) is 18.2 Å². The monoisotopic (exact) mass is 384 g/mol. The van der Waals surface area contributed by atoms with Gasteiger partial charge in [0, 0.05) is 44.1 Å². The molecule has 0 atom stereocenters. The van der Waals surface area contributed by atoms with Crippen LogP contribution in [0.5, 0.6) is 0 Å². The Morgan fingerprint density at radius 1 is 1.25 bits per heavy atom. The maximum atomic E-state index is 12.8. The quantitative estimate of drug-likeness (QED) is 0.815. The van der Waals surface area contributed by atoms with Crippen LogP contribution in [-0.2, 0) is 11.3 Å². The Morgan fingerprint density at radius 3 is 2.68 bits per heavy atom. The molecular weight excluding hydrogens is 356 g/mol. The second-order valence-corrected chi connectivity index (χ2v) is 7.50. The fourth-order valence-electron chi connectivity index (χ4n) is 3.93. The molecule has 2 aromatic rings. The summed E-state index contributed by atoms with van der Waals surface area (Å²) in [5.41, 5.74) is 2.61. The smallest absolute Gasteiger partial charge is 0.255 e. The van der Waals surface area contributed by atoms with Crippen molar-refractivity contribution < 1.29 is 9.53 Å². The molecule has 4 rings (SSSR count). The first kappa shape index (κ1) is 18.9. The van der Waals surface area contributed by atoms with Crippen LogP contribution in [0.3, 0.4) is 0 Å². The van der Waals surface area contributed by atoms with Gasteiger partial charge in [-0.15, -0.1) is 0 Å². The van der Waals surface area contributed by atoms with Crippen LogP contribution in [0.25, 0.3) is 0 Å². The van der Waals surface area contributed by atoms with Gasteiger partial charge in [-0.2, -0.15) is 5.10 Å². The summed E-state index contributed by atoms with van der Waals surface area (Å²) < 4.78 is 5.44. The molecule has 2 aromatic heterocycles. The molecule has 0 spiro atoms. The summed E-state index contributed by atoms with van der Waals surface area (Å²) in [5.74, 6) is 0.811. The minimum absolute atomic E-state index is 0.0717. The van der Waals surface area contributed by atoms with Crippen molar-refractivity contribution in [3.8, 4) is 0 Å². The first-order valence-electron chi connectivity index (χ1n) is 10.0. The van der Waals surface area contributed by atoms with Crippen LogP contribution in [0, 0.1) is 6.92 Å².